The van der Waals surface area contributed by atoms with Gasteiger partial charge in [-0.15, -0.1) is 5.10 Å². The molecule has 2 heterocycles. The zero-order chi connectivity index (χ0) is 18.9. The van der Waals surface area contributed by atoms with E-state index in [1.54, 1.807) is 22.9 Å². The molecule has 0 aliphatic heterocycles. The number of anilines is 1. The lowest BCUT2D eigenvalue weighted by molar-refractivity contribution is 0.101. The van der Waals surface area contributed by atoms with Gasteiger partial charge in [0, 0.05) is 24.1 Å². The summed E-state index contributed by atoms with van der Waals surface area (Å²) in [5.41, 5.74) is 1.54. The molecule has 26 heavy (non-hydrogen) atoms. The second-order valence-electron chi connectivity index (χ2n) is 5.65. The van der Waals surface area contributed by atoms with E-state index in [1.165, 1.54) is 12.1 Å². The normalized spacial score (nSPS) is 11.5. The molecule has 0 atom stereocenters. The summed E-state index contributed by atoms with van der Waals surface area (Å²) >= 11 is 0. The van der Waals surface area contributed by atoms with Crippen LogP contribution in [0.3, 0.4) is 0 Å². The summed E-state index contributed by atoms with van der Waals surface area (Å²) in [6, 6.07) is 7.68. The second kappa shape index (κ2) is 6.71. The summed E-state index contributed by atoms with van der Waals surface area (Å²) in [4.78, 5) is 12.4. The van der Waals surface area contributed by atoms with Crippen LogP contribution < -0.4 is 5.32 Å². The number of nitrogens with one attached hydrogen (secondary N) is 1. The van der Waals surface area contributed by atoms with Gasteiger partial charge in [0.1, 0.15) is 0 Å². The van der Waals surface area contributed by atoms with Gasteiger partial charge < -0.3 is 4.42 Å². The van der Waals surface area contributed by atoms with Gasteiger partial charge in [-0.05, 0) is 38.1 Å². The molecule has 0 spiro atoms. The summed E-state index contributed by atoms with van der Waals surface area (Å²) in [6.07, 6.45) is 1.11. The van der Waals surface area contributed by atoms with Crippen molar-refractivity contribution in [3.05, 3.63) is 41.7 Å². The number of hydrogen-bond donors (Lipinski definition) is 1. The van der Waals surface area contributed by atoms with Crippen molar-refractivity contribution in [2.75, 3.05) is 11.6 Å². The number of sulfone groups is 1. The smallest absolute Gasteiger partial charge is 0.322 e. The minimum atomic E-state index is -3.36. The molecular weight excluding hydrogens is 358 g/mol. The van der Waals surface area contributed by atoms with Gasteiger partial charge in [0.2, 0.25) is 5.89 Å². The molecule has 0 radical (unpaired) electrons. The molecule has 9 nitrogen and oxygen atoms in total. The fourth-order valence-corrected chi connectivity index (χ4v) is 3.02. The number of aromatic nitrogens is 4. The van der Waals surface area contributed by atoms with Gasteiger partial charge in [-0.2, -0.15) is 5.10 Å². The van der Waals surface area contributed by atoms with E-state index in [4.69, 9.17) is 4.42 Å². The summed E-state index contributed by atoms with van der Waals surface area (Å²) in [7, 11) is -3.36. The third kappa shape index (κ3) is 3.64. The Balaban J connectivity index is 1.81. The number of benzene rings is 1. The van der Waals surface area contributed by atoms with Crippen LogP contribution >= 0.6 is 0 Å². The highest BCUT2D eigenvalue weighted by molar-refractivity contribution is 7.90. The number of aryl methyl sites for hydroxylation is 2. The van der Waals surface area contributed by atoms with E-state index < -0.39 is 15.7 Å². The SMILES string of the molecule is CCn1nc(C(=O)Nc2nnc(-c3cccc(S(C)(=O)=O)c3)o2)cc1C. The fourth-order valence-electron chi connectivity index (χ4n) is 2.35. The molecule has 10 heteroatoms. The van der Waals surface area contributed by atoms with E-state index in [2.05, 4.69) is 20.6 Å². The molecule has 1 aromatic carbocycles. The lowest BCUT2D eigenvalue weighted by Crippen LogP contribution is -2.13. The summed E-state index contributed by atoms with van der Waals surface area (Å²) in [5.74, 6) is -0.374. The molecule has 0 saturated heterocycles. The Morgan fingerprint density at radius 1 is 1.27 bits per heavy atom. The number of carbonyl (C=O) groups excluding carboxylic acids is 1. The van der Waals surface area contributed by atoms with E-state index >= 15 is 0 Å². The summed E-state index contributed by atoms with van der Waals surface area (Å²) in [5, 5.41) is 14.3. The monoisotopic (exact) mass is 375 g/mol. The molecule has 0 aliphatic rings. The largest absolute Gasteiger partial charge is 0.403 e. The maximum absolute atomic E-state index is 12.2. The van der Waals surface area contributed by atoms with E-state index in [9.17, 15) is 13.2 Å². The van der Waals surface area contributed by atoms with Gasteiger partial charge in [0.25, 0.3) is 5.91 Å². The van der Waals surface area contributed by atoms with Gasteiger partial charge in [0.15, 0.2) is 15.5 Å². The predicted octanol–water partition coefficient (Wildman–Crippen LogP) is 1.92. The van der Waals surface area contributed by atoms with Crippen LogP contribution in [-0.2, 0) is 16.4 Å². The Hall–Kier alpha value is -3.01. The van der Waals surface area contributed by atoms with E-state index in [0.717, 1.165) is 11.9 Å². The van der Waals surface area contributed by atoms with Crippen molar-refractivity contribution >= 4 is 21.8 Å². The van der Waals surface area contributed by atoms with Crippen LogP contribution in [0.4, 0.5) is 6.01 Å². The van der Waals surface area contributed by atoms with Crippen LogP contribution in [0.5, 0.6) is 0 Å². The molecule has 3 aromatic rings. The lowest BCUT2D eigenvalue weighted by Gasteiger charge is -2.00. The van der Waals surface area contributed by atoms with E-state index in [0.29, 0.717) is 12.1 Å². The minimum absolute atomic E-state index is 0.0982. The van der Waals surface area contributed by atoms with Crippen LogP contribution in [0, 0.1) is 6.92 Å². The molecular formula is C16H17N5O4S. The molecule has 0 aliphatic carbocycles. The van der Waals surface area contributed by atoms with Crippen LogP contribution in [-0.4, -0.2) is 40.6 Å². The molecule has 0 fully saturated rings. The first-order valence-corrected chi connectivity index (χ1v) is 9.67. The number of amides is 1. The molecule has 0 bridgehead atoms. The van der Waals surface area contributed by atoms with E-state index in [-0.39, 0.29) is 22.5 Å². The van der Waals surface area contributed by atoms with Crippen molar-refractivity contribution in [2.45, 2.75) is 25.3 Å². The Morgan fingerprint density at radius 2 is 2.04 bits per heavy atom. The van der Waals surface area contributed by atoms with Gasteiger partial charge >= 0.3 is 6.01 Å². The number of nitrogens with zero attached hydrogens (tertiary/aromatic N) is 4. The topological polar surface area (TPSA) is 120 Å². The highest BCUT2D eigenvalue weighted by Crippen LogP contribution is 2.23. The number of hydrogen-bond acceptors (Lipinski definition) is 7. The van der Waals surface area contributed by atoms with Gasteiger partial charge in [-0.3, -0.25) is 14.8 Å². The lowest BCUT2D eigenvalue weighted by atomic mass is 10.2. The third-order valence-corrected chi connectivity index (χ3v) is 4.78. The third-order valence-electron chi connectivity index (χ3n) is 3.67. The standard InChI is InChI=1S/C16H17N5O4S/c1-4-21-10(2)8-13(20-21)14(22)17-16-19-18-15(25-16)11-6-5-7-12(9-11)26(3,23)24/h5-9H,4H2,1-3H3,(H,17,19,22). The highest BCUT2D eigenvalue weighted by atomic mass is 32.2. The Morgan fingerprint density at radius 3 is 2.69 bits per heavy atom. The van der Waals surface area contributed by atoms with Crippen LogP contribution in [0.15, 0.2) is 39.6 Å². The highest BCUT2D eigenvalue weighted by Gasteiger charge is 2.17. The molecule has 3 rings (SSSR count). The first-order valence-electron chi connectivity index (χ1n) is 7.77. The van der Waals surface area contributed by atoms with Crippen molar-refractivity contribution in [1.29, 1.82) is 0 Å². The summed E-state index contributed by atoms with van der Waals surface area (Å²) in [6.45, 7) is 4.43. The maximum Gasteiger partial charge on any atom is 0.322 e. The zero-order valence-electron chi connectivity index (χ0n) is 14.4. The first-order chi connectivity index (χ1) is 12.3. The van der Waals surface area contributed by atoms with Crippen LogP contribution in [0.25, 0.3) is 11.5 Å². The Labute approximate surface area is 150 Å². The van der Waals surface area contributed by atoms with Crippen molar-refractivity contribution < 1.29 is 17.6 Å². The minimum Gasteiger partial charge on any atom is -0.403 e. The van der Waals surface area contributed by atoms with Crippen molar-refractivity contribution in [3.63, 3.8) is 0 Å². The molecule has 136 valence electrons. The Bertz CT molecular complexity index is 1070. The average Bonchev–Trinajstić information content (AvgIpc) is 3.20. The molecule has 0 saturated carbocycles. The molecule has 1 N–H and O–H groups in total. The number of rotatable bonds is 5. The average molecular weight is 375 g/mol. The Kier molecular flexibility index (Phi) is 4.60. The molecule has 0 unspecified atom stereocenters. The second-order valence-corrected chi connectivity index (χ2v) is 7.67. The molecule has 1 amide bonds. The zero-order valence-corrected chi connectivity index (χ0v) is 15.2. The fraction of sp³-hybridized carbons (Fsp3) is 0.250. The van der Waals surface area contributed by atoms with Gasteiger partial charge in [-0.1, -0.05) is 11.2 Å². The van der Waals surface area contributed by atoms with Gasteiger partial charge in [0.05, 0.1) is 4.90 Å². The molecule has 2 aromatic heterocycles. The first kappa shape index (κ1) is 17.8. The quantitative estimate of drug-likeness (QED) is 0.723. The van der Waals surface area contributed by atoms with E-state index in [1.807, 2.05) is 13.8 Å². The van der Waals surface area contributed by atoms with Crippen molar-refractivity contribution in [1.82, 2.24) is 20.0 Å². The number of carbonyl (C=O) groups is 1. The predicted molar refractivity (Wildman–Crippen MR) is 93.4 cm³/mol. The van der Waals surface area contributed by atoms with Crippen molar-refractivity contribution in [2.24, 2.45) is 0 Å². The van der Waals surface area contributed by atoms with Crippen molar-refractivity contribution in [3.8, 4) is 11.5 Å². The van der Waals surface area contributed by atoms with Crippen LogP contribution in [0.2, 0.25) is 0 Å². The maximum atomic E-state index is 12.2. The van der Waals surface area contributed by atoms with Crippen LogP contribution in [0.1, 0.15) is 23.1 Å². The van der Waals surface area contributed by atoms with Gasteiger partial charge in [-0.25, -0.2) is 8.42 Å². The summed E-state index contributed by atoms with van der Waals surface area (Å²) < 4.78 is 30.4.